The van der Waals surface area contributed by atoms with Crippen molar-refractivity contribution >= 4 is 11.0 Å². The summed E-state index contributed by atoms with van der Waals surface area (Å²) in [5.41, 5.74) is 0.108. The number of ether oxygens (including phenoxy) is 4. The van der Waals surface area contributed by atoms with Crippen LogP contribution in [0.3, 0.4) is 0 Å². The smallest absolute Gasteiger partial charge is 0.229 e. The molecule has 182 valence electrons. The van der Waals surface area contributed by atoms with Crippen molar-refractivity contribution in [1.29, 1.82) is 0 Å². The summed E-state index contributed by atoms with van der Waals surface area (Å²) >= 11 is 0. The van der Waals surface area contributed by atoms with Crippen LogP contribution in [0.1, 0.15) is 0 Å². The Bertz CT molecular complexity index is 1240. The fourth-order valence-electron chi connectivity index (χ4n) is 3.71. The van der Waals surface area contributed by atoms with Crippen LogP contribution in [0.4, 0.5) is 0 Å². The third-order valence-corrected chi connectivity index (χ3v) is 5.56. The molecule has 1 aromatic heterocycles. The Labute approximate surface area is 192 Å². The summed E-state index contributed by atoms with van der Waals surface area (Å²) in [6.07, 6.45) is -7.24. The normalized spacial score (nSPS) is 24.7. The number of aliphatic hydroxyl groups is 4. The van der Waals surface area contributed by atoms with Gasteiger partial charge in [-0.3, -0.25) is 4.79 Å². The third-order valence-electron chi connectivity index (χ3n) is 5.56. The average Bonchev–Trinajstić information content (AvgIpc) is 2.83. The van der Waals surface area contributed by atoms with Gasteiger partial charge in [-0.15, -0.1) is 0 Å². The predicted molar refractivity (Wildman–Crippen MR) is 117 cm³/mol. The lowest BCUT2D eigenvalue weighted by atomic mass is 9.99. The van der Waals surface area contributed by atoms with E-state index in [2.05, 4.69) is 0 Å². The second-order valence-corrected chi connectivity index (χ2v) is 7.68. The molecule has 1 saturated heterocycles. The monoisotopic (exact) mass is 476 g/mol. The predicted octanol–water partition coefficient (Wildman–Crippen LogP) is 0.361. The van der Waals surface area contributed by atoms with E-state index >= 15 is 0 Å². The second-order valence-electron chi connectivity index (χ2n) is 7.68. The number of phenols is 1. The molecule has 1 aliphatic rings. The van der Waals surface area contributed by atoms with Crippen molar-refractivity contribution in [3.8, 4) is 34.3 Å². The van der Waals surface area contributed by atoms with Gasteiger partial charge in [-0.2, -0.15) is 0 Å². The molecule has 5 atom stereocenters. The van der Waals surface area contributed by atoms with Crippen molar-refractivity contribution in [2.45, 2.75) is 30.7 Å². The van der Waals surface area contributed by atoms with Crippen molar-refractivity contribution in [2.24, 2.45) is 0 Å². The average molecular weight is 476 g/mol. The Morgan fingerprint density at radius 2 is 1.71 bits per heavy atom. The van der Waals surface area contributed by atoms with Crippen molar-refractivity contribution in [3.05, 3.63) is 46.6 Å². The topological polar surface area (TPSA) is 168 Å². The first-order valence-corrected chi connectivity index (χ1v) is 10.3. The molecule has 4 rings (SSSR count). The maximum absolute atomic E-state index is 12.6. The molecule has 3 aromatic rings. The van der Waals surface area contributed by atoms with Crippen LogP contribution in [0, 0.1) is 0 Å². The van der Waals surface area contributed by atoms with Gasteiger partial charge in [0.1, 0.15) is 52.6 Å². The van der Waals surface area contributed by atoms with Crippen LogP contribution < -0.4 is 19.6 Å². The van der Waals surface area contributed by atoms with Gasteiger partial charge in [-0.05, 0) is 18.2 Å². The van der Waals surface area contributed by atoms with Crippen LogP contribution in [0.5, 0.6) is 23.0 Å². The van der Waals surface area contributed by atoms with Crippen molar-refractivity contribution in [3.63, 3.8) is 0 Å². The lowest BCUT2D eigenvalue weighted by Gasteiger charge is -2.39. The minimum absolute atomic E-state index is 0.0130. The van der Waals surface area contributed by atoms with Crippen LogP contribution in [0.25, 0.3) is 22.3 Å². The molecule has 2 heterocycles. The van der Waals surface area contributed by atoms with Gasteiger partial charge in [0.05, 0.1) is 20.8 Å². The van der Waals surface area contributed by atoms with E-state index in [1.807, 2.05) is 0 Å². The van der Waals surface area contributed by atoms with Crippen LogP contribution in [-0.2, 0) is 4.74 Å². The fourth-order valence-corrected chi connectivity index (χ4v) is 3.71. The number of methoxy groups -OCH3 is 2. The van der Waals surface area contributed by atoms with Gasteiger partial charge in [0.15, 0.2) is 16.9 Å². The lowest BCUT2D eigenvalue weighted by molar-refractivity contribution is -0.277. The van der Waals surface area contributed by atoms with Gasteiger partial charge in [0.25, 0.3) is 0 Å². The summed E-state index contributed by atoms with van der Waals surface area (Å²) < 4.78 is 27.3. The zero-order chi connectivity index (χ0) is 24.6. The highest BCUT2D eigenvalue weighted by molar-refractivity contribution is 5.86. The van der Waals surface area contributed by atoms with Gasteiger partial charge in [-0.1, -0.05) is 0 Å². The molecule has 1 fully saturated rings. The summed E-state index contributed by atoms with van der Waals surface area (Å²) in [5.74, 6) is 0.535. The number of phenolic OH excluding ortho intramolecular Hbond substituents is 1. The summed E-state index contributed by atoms with van der Waals surface area (Å²) in [5, 5.41) is 49.6. The van der Waals surface area contributed by atoms with Gasteiger partial charge in [-0.25, -0.2) is 0 Å². The number of benzene rings is 2. The van der Waals surface area contributed by atoms with E-state index in [1.54, 1.807) is 6.07 Å². The van der Waals surface area contributed by atoms with Gasteiger partial charge in [0, 0.05) is 23.8 Å². The summed E-state index contributed by atoms with van der Waals surface area (Å²) in [7, 11) is 2.79. The molecule has 1 aliphatic heterocycles. The quantitative estimate of drug-likeness (QED) is 0.333. The lowest BCUT2D eigenvalue weighted by Crippen LogP contribution is -2.60. The Morgan fingerprint density at radius 3 is 2.38 bits per heavy atom. The van der Waals surface area contributed by atoms with Gasteiger partial charge in [0.2, 0.25) is 6.29 Å². The number of aromatic hydroxyl groups is 1. The molecule has 0 radical (unpaired) electrons. The van der Waals surface area contributed by atoms with E-state index in [9.17, 15) is 30.3 Å². The van der Waals surface area contributed by atoms with Crippen LogP contribution >= 0.6 is 0 Å². The Balaban J connectivity index is 1.68. The molecule has 0 spiro atoms. The van der Waals surface area contributed by atoms with E-state index in [0.717, 1.165) is 0 Å². The molecular weight excluding hydrogens is 452 g/mol. The van der Waals surface area contributed by atoms with E-state index < -0.39 is 42.7 Å². The van der Waals surface area contributed by atoms with Crippen LogP contribution in [0.2, 0.25) is 0 Å². The Hall–Kier alpha value is -3.35. The summed E-state index contributed by atoms with van der Waals surface area (Å²) in [6.45, 7) is -0.595. The molecule has 0 bridgehead atoms. The highest BCUT2D eigenvalue weighted by Crippen LogP contribution is 2.36. The van der Waals surface area contributed by atoms with Gasteiger partial charge < -0.3 is 48.9 Å². The molecule has 5 unspecified atom stereocenters. The molecule has 11 heteroatoms. The standard InChI is InChI=1S/C23H24O11/c1-30-11-6-12(25)19-13(26)8-15(32-17(19)7-11)10-3-4-14(16(5-10)31-2)33-23-22(29)21(28)20(27)18(9-24)34-23/h3-8,18,20-25,27-29H,9H2,1-2H3. The molecule has 34 heavy (non-hydrogen) atoms. The molecule has 0 saturated carbocycles. The van der Waals surface area contributed by atoms with E-state index in [-0.39, 0.29) is 34.0 Å². The molecule has 0 aliphatic carbocycles. The highest BCUT2D eigenvalue weighted by atomic mass is 16.7. The van der Waals surface area contributed by atoms with Crippen LogP contribution in [-0.4, -0.2) is 77.1 Å². The molecule has 0 amide bonds. The molecule has 5 N–H and O–H groups in total. The minimum atomic E-state index is -1.60. The Morgan fingerprint density at radius 1 is 0.941 bits per heavy atom. The zero-order valence-corrected chi connectivity index (χ0v) is 18.2. The Kier molecular flexibility index (Phi) is 6.64. The first-order valence-electron chi connectivity index (χ1n) is 10.3. The molecular formula is C23H24O11. The van der Waals surface area contributed by atoms with Crippen molar-refractivity contribution in [2.75, 3.05) is 20.8 Å². The third kappa shape index (κ3) is 4.27. The largest absolute Gasteiger partial charge is 0.507 e. The molecule has 2 aromatic carbocycles. The van der Waals surface area contributed by atoms with Crippen molar-refractivity contribution in [1.82, 2.24) is 0 Å². The molecule has 11 nitrogen and oxygen atoms in total. The number of rotatable bonds is 6. The minimum Gasteiger partial charge on any atom is -0.507 e. The fraction of sp³-hybridized carbons (Fsp3) is 0.348. The number of aliphatic hydroxyl groups excluding tert-OH is 4. The van der Waals surface area contributed by atoms with E-state index in [1.165, 1.54) is 44.6 Å². The van der Waals surface area contributed by atoms with E-state index in [4.69, 9.17) is 23.4 Å². The van der Waals surface area contributed by atoms with Crippen LogP contribution in [0.15, 0.2) is 45.6 Å². The van der Waals surface area contributed by atoms with Gasteiger partial charge >= 0.3 is 0 Å². The summed E-state index contributed by atoms with van der Waals surface area (Å²) in [4.78, 5) is 12.6. The van der Waals surface area contributed by atoms with Crippen molar-refractivity contribution < 1.29 is 48.9 Å². The summed E-state index contributed by atoms with van der Waals surface area (Å²) in [6, 6.07) is 8.57. The van der Waals surface area contributed by atoms with E-state index in [0.29, 0.717) is 11.3 Å². The number of hydrogen-bond acceptors (Lipinski definition) is 11. The maximum Gasteiger partial charge on any atom is 0.229 e. The first kappa shape index (κ1) is 23.8. The zero-order valence-electron chi connectivity index (χ0n) is 18.2. The SMILES string of the molecule is COc1cc(O)c2c(=O)cc(-c3ccc(OC4OC(CO)C(O)C(O)C4O)c(OC)c3)oc2c1. The highest BCUT2D eigenvalue weighted by Gasteiger charge is 2.45. The second kappa shape index (κ2) is 9.49. The maximum atomic E-state index is 12.6. The first-order chi connectivity index (χ1) is 16.3. The number of hydrogen-bond donors (Lipinski definition) is 5. The number of fused-ring (bicyclic) bond motifs is 1.